The van der Waals surface area contributed by atoms with Crippen LogP contribution in [-0.4, -0.2) is 35.5 Å². The molecule has 0 saturated heterocycles. The molecule has 0 radical (unpaired) electrons. The zero-order chi connectivity index (χ0) is 19.6. The Balaban J connectivity index is 1.75. The number of aryl methyl sites for hydroxylation is 2. The van der Waals surface area contributed by atoms with Gasteiger partial charge in [-0.15, -0.1) is 0 Å². The van der Waals surface area contributed by atoms with Gasteiger partial charge < -0.3 is 13.6 Å². The number of furan rings is 1. The first-order chi connectivity index (χ1) is 12.9. The van der Waals surface area contributed by atoms with Gasteiger partial charge in [0.15, 0.2) is 10.9 Å². The Hall–Kier alpha value is -2.94. The van der Waals surface area contributed by atoms with Crippen LogP contribution in [0.1, 0.15) is 33.7 Å². The van der Waals surface area contributed by atoms with Gasteiger partial charge in [-0.3, -0.25) is 9.69 Å². The summed E-state index contributed by atoms with van der Waals surface area (Å²) in [6.07, 6.45) is 1.57. The van der Waals surface area contributed by atoms with Gasteiger partial charge in [-0.1, -0.05) is 11.3 Å². The standard InChI is InChI=1S/C18H19N3O5S/c1-5-24-17(23)15-10(2)19-18(27-15)21(4)14(22)9-12-11(3)26-16(20-12)13-7-6-8-25-13/h6-8H,5,9H2,1-4H3. The highest BCUT2D eigenvalue weighted by atomic mass is 32.1. The number of hydrogen-bond acceptors (Lipinski definition) is 8. The van der Waals surface area contributed by atoms with E-state index in [1.54, 1.807) is 40.0 Å². The van der Waals surface area contributed by atoms with Gasteiger partial charge in [-0.25, -0.2) is 14.8 Å². The van der Waals surface area contributed by atoms with E-state index in [4.69, 9.17) is 13.6 Å². The number of hydrogen-bond donors (Lipinski definition) is 0. The summed E-state index contributed by atoms with van der Waals surface area (Å²) >= 11 is 1.12. The normalized spacial score (nSPS) is 10.8. The third kappa shape index (κ3) is 3.92. The van der Waals surface area contributed by atoms with Crippen molar-refractivity contribution >= 4 is 28.3 Å². The average molecular weight is 389 g/mol. The maximum Gasteiger partial charge on any atom is 0.350 e. The fraction of sp³-hybridized carbons (Fsp3) is 0.333. The second-order valence-electron chi connectivity index (χ2n) is 5.76. The fourth-order valence-corrected chi connectivity index (χ4v) is 3.32. The van der Waals surface area contributed by atoms with Crippen molar-refractivity contribution in [3.8, 4) is 11.7 Å². The predicted octanol–water partition coefficient (Wildman–Crippen LogP) is 3.39. The van der Waals surface area contributed by atoms with Crippen LogP contribution in [0.3, 0.4) is 0 Å². The third-order valence-electron chi connectivity index (χ3n) is 3.85. The molecule has 3 heterocycles. The minimum Gasteiger partial charge on any atom is -0.462 e. The molecule has 0 aliphatic rings. The molecule has 0 saturated carbocycles. The summed E-state index contributed by atoms with van der Waals surface area (Å²) in [5, 5.41) is 0.424. The highest BCUT2D eigenvalue weighted by Gasteiger charge is 2.23. The second-order valence-corrected chi connectivity index (χ2v) is 6.74. The molecule has 9 heteroatoms. The summed E-state index contributed by atoms with van der Waals surface area (Å²) in [5.41, 5.74) is 1.06. The number of thiazole rings is 1. The largest absolute Gasteiger partial charge is 0.462 e. The molecule has 0 fully saturated rings. The van der Waals surface area contributed by atoms with Gasteiger partial charge in [0, 0.05) is 7.05 Å². The van der Waals surface area contributed by atoms with Gasteiger partial charge in [-0.05, 0) is 32.9 Å². The second kappa shape index (κ2) is 7.75. The molecule has 0 aliphatic heterocycles. The van der Waals surface area contributed by atoms with Crippen LogP contribution >= 0.6 is 11.3 Å². The minimum atomic E-state index is -0.435. The topological polar surface area (TPSA) is 98.7 Å². The molecule has 0 N–H and O–H groups in total. The lowest BCUT2D eigenvalue weighted by Crippen LogP contribution is -2.28. The van der Waals surface area contributed by atoms with Gasteiger partial charge in [0.05, 0.1) is 30.7 Å². The lowest BCUT2D eigenvalue weighted by Gasteiger charge is -2.12. The Kier molecular flexibility index (Phi) is 5.41. The molecule has 1 amide bonds. The van der Waals surface area contributed by atoms with Crippen molar-refractivity contribution in [1.29, 1.82) is 0 Å². The molecule has 0 unspecified atom stereocenters. The van der Waals surface area contributed by atoms with E-state index < -0.39 is 5.97 Å². The van der Waals surface area contributed by atoms with Crippen LogP contribution in [0.15, 0.2) is 27.2 Å². The fourth-order valence-electron chi connectivity index (χ4n) is 2.38. The summed E-state index contributed by atoms with van der Waals surface area (Å²) in [5.74, 6) is 0.722. The summed E-state index contributed by atoms with van der Waals surface area (Å²) in [4.78, 5) is 35.0. The number of oxazole rings is 1. The SMILES string of the molecule is CCOC(=O)c1sc(N(C)C(=O)Cc2nc(-c3ccco3)oc2C)nc1C. The molecular formula is C18H19N3O5S. The molecule has 3 aromatic heterocycles. The summed E-state index contributed by atoms with van der Waals surface area (Å²) in [6.45, 7) is 5.47. The average Bonchev–Trinajstić information content (AvgIpc) is 3.35. The van der Waals surface area contributed by atoms with Crippen molar-refractivity contribution < 1.29 is 23.2 Å². The Morgan fingerprint density at radius 1 is 1.30 bits per heavy atom. The molecule has 0 atom stereocenters. The van der Waals surface area contributed by atoms with E-state index in [9.17, 15) is 9.59 Å². The maximum absolute atomic E-state index is 12.6. The van der Waals surface area contributed by atoms with Gasteiger partial charge in [0.25, 0.3) is 5.89 Å². The quantitative estimate of drug-likeness (QED) is 0.596. The monoisotopic (exact) mass is 389 g/mol. The van der Waals surface area contributed by atoms with Crippen LogP contribution in [0.25, 0.3) is 11.7 Å². The van der Waals surface area contributed by atoms with Gasteiger partial charge >= 0.3 is 5.97 Å². The lowest BCUT2D eigenvalue weighted by molar-refractivity contribution is -0.117. The minimum absolute atomic E-state index is 0.0416. The summed E-state index contributed by atoms with van der Waals surface area (Å²) in [6, 6.07) is 3.47. The van der Waals surface area contributed by atoms with Crippen molar-refractivity contribution in [3.05, 3.63) is 40.4 Å². The smallest absolute Gasteiger partial charge is 0.350 e. The molecule has 0 aromatic carbocycles. The number of rotatable bonds is 6. The lowest BCUT2D eigenvalue weighted by atomic mass is 10.2. The molecule has 8 nitrogen and oxygen atoms in total. The molecule has 142 valence electrons. The first kappa shape index (κ1) is 18.8. The number of anilines is 1. The van der Waals surface area contributed by atoms with Crippen LogP contribution in [0, 0.1) is 13.8 Å². The van der Waals surface area contributed by atoms with Crippen LogP contribution in [0.4, 0.5) is 5.13 Å². The molecule has 3 rings (SSSR count). The molecule has 3 aromatic rings. The zero-order valence-electron chi connectivity index (χ0n) is 15.4. The Labute approximate surface area is 159 Å². The Bertz CT molecular complexity index is 958. The van der Waals surface area contributed by atoms with E-state index in [-0.39, 0.29) is 18.9 Å². The van der Waals surface area contributed by atoms with E-state index in [2.05, 4.69) is 9.97 Å². The van der Waals surface area contributed by atoms with Crippen molar-refractivity contribution in [3.63, 3.8) is 0 Å². The highest BCUT2D eigenvalue weighted by Crippen LogP contribution is 2.27. The number of carbonyl (C=O) groups is 2. The first-order valence-electron chi connectivity index (χ1n) is 8.32. The van der Waals surface area contributed by atoms with Crippen molar-refractivity contribution in [2.45, 2.75) is 27.2 Å². The van der Waals surface area contributed by atoms with Crippen molar-refractivity contribution in [1.82, 2.24) is 9.97 Å². The number of ether oxygens (including phenoxy) is 1. The van der Waals surface area contributed by atoms with E-state index in [0.29, 0.717) is 38.8 Å². The van der Waals surface area contributed by atoms with E-state index in [1.807, 2.05) is 0 Å². The van der Waals surface area contributed by atoms with E-state index in [0.717, 1.165) is 11.3 Å². The van der Waals surface area contributed by atoms with Crippen molar-refractivity contribution in [2.24, 2.45) is 0 Å². The van der Waals surface area contributed by atoms with E-state index >= 15 is 0 Å². The number of esters is 1. The Morgan fingerprint density at radius 2 is 2.07 bits per heavy atom. The molecule has 27 heavy (non-hydrogen) atoms. The predicted molar refractivity (Wildman–Crippen MR) is 98.9 cm³/mol. The molecule has 0 bridgehead atoms. The van der Waals surface area contributed by atoms with Crippen LogP contribution < -0.4 is 4.90 Å². The number of likely N-dealkylation sites (N-methyl/N-ethyl adjacent to an activating group) is 1. The Morgan fingerprint density at radius 3 is 2.74 bits per heavy atom. The molecule has 0 aliphatic carbocycles. The van der Waals surface area contributed by atoms with Crippen LogP contribution in [0.5, 0.6) is 0 Å². The molecular weight excluding hydrogens is 370 g/mol. The van der Waals surface area contributed by atoms with E-state index in [1.165, 1.54) is 11.2 Å². The van der Waals surface area contributed by atoms with Gasteiger partial charge in [0.1, 0.15) is 10.6 Å². The van der Waals surface area contributed by atoms with Crippen LogP contribution in [0.2, 0.25) is 0 Å². The number of nitrogens with zero attached hydrogens (tertiary/aromatic N) is 3. The zero-order valence-corrected chi connectivity index (χ0v) is 16.3. The number of carbonyl (C=O) groups excluding carboxylic acids is 2. The highest BCUT2D eigenvalue weighted by molar-refractivity contribution is 7.17. The van der Waals surface area contributed by atoms with Crippen molar-refractivity contribution in [2.75, 3.05) is 18.6 Å². The third-order valence-corrected chi connectivity index (χ3v) is 5.06. The number of amides is 1. The summed E-state index contributed by atoms with van der Waals surface area (Å²) < 4.78 is 15.8. The van der Waals surface area contributed by atoms with Crippen LogP contribution in [-0.2, 0) is 16.0 Å². The number of aromatic nitrogens is 2. The molecule has 0 spiro atoms. The summed E-state index contributed by atoms with van der Waals surface area (Å²) in [7, 11) is 1.61. The first-order valence-corrected chi connectivity index (χ1v) is 9.13. The van der Waals surface area contributed by atoms with Gasteiger partial charge in [0.2, 0.25) is 5.91 Å². The van der Waals surface area contributed by atoms with Gasteiger partial charge in [-0.2, -0.15) is 0 Å². The maximum atomic E-state index is 12.6.